The van der Waals surface area contributed by atoms with Crippen LogP contribution in [0.5, 0.6) is 11.5 Å². The van der Waals surface area contributed by atoms with Crippen molar-refractivity contribution in [3.8, 4) is 22.6 Å². The van der Waals surface area contributed by atoms with Crippen LogP contribution < -0.4 is 9.47 Å². The van der Waals surface area contributed by atoms with Crippen molar-refractivity contribution in [2.45, 2.75) is 5.41 Å². The Morgan fingerprint density at radius 3 is 1.18 bits per heavy atom. The molecule has 1 aliphatic carbocycles. The van der Waals surface area contributed by atoms with E-state index in [4.69, 9.17) is 9.47 Å². The minimum absolute atomic E-state index is 0.253. The van der Waals surface area contributed by atoms with Crippen LogP contribution in [0.4, 0.5) is 26.3 Å². The van der Waals surface area contributed by atoms with Crippen LogP contribution >= 0.6 is 0 Å². The maximum Gasteiger partial charge on any atom is 0.344 e. The van der Waals surface area contributed by atoms with E-state index in [9.17, 15) is 35.9 Å². The summed E-state index contributed by atoms with van der Waals surface area (Å²) in [5.41, 5.74) is 4.40. The van der Waals surface area contributed by atoms with Gasteiger partial charge >= 0.3 is 24.2 Å². The van der Waals surface area contributed by atoms with Crippen molar-refractivity contribution >= 4 is 23.7 Å². The zero-order valence-electron chi connectivity index (χ0n) is 31.9. The number of ether oxygens (including phenoxy) is 2. The fraction of sp³-hybridized carbons (Fsp3) is 0.0196. The molecule has 0 N–H and O–H groups in total. The highest BCUT2D eigenvalue weighted by atomic mass is 19.3. The lowest BCUT2D eigenvalue weighted by atomic mass is 9.67. The molecule has 0 atom stereocenters. The van der Waals surface area contributed by atoms with Gasteiger partial charge in [0.25, 0.3) is 0 Å². The van der Waals surface area contributed by atoms with Crippen LogP contribution in [0.1, 0.15) is 54.1 Å². The third-order valence-electron chi connectivity index (χ3n) is 9.89. The summed E-state index contributed by atoms with van der Waals surface area (Å²) in [6.45, 7) is 0. The number of carbonyl (C=O) groups excluding carboxylic acids is 2. The first-order chi connectivity index (χ1) is 29.5. The van der Waals surface area contributed by atoms with Crippen LogP contribution in [0.3, 0.4) is 0 Å². The maximum atomic E-state index is 13.9. The average Bonchev–Trinajstić information content (AvgIpc) is 3.57. The Hall–Kier alpha value is -7.72. The fourth-order valence-electron chi connectivity index (χ4n) is 7.19. The SMILES string of the molecule is O=C(C=CC=Cc1ccccc1)c1ccc2c(c1)C(c1ccc(OC(F)=C(F)F)cc1)(c1ccc(OC(F)=C(F)F)cc1)c1cc(C(=O)C=CC=Cc3ccccc3)ccc1-2. The average molecular weight is 823 g/mol. The van der Waals surface area contributed by atoms with E-state index in [0.717, 1.165) is 11.1 Å². The minimum Gasteiger partial charge on any atom is -0.428 e. The molecule has 4 nitrogen and oxygen atoms in total. The highest BCUT2D eigenvalue weighted by molar-refractivity contribution is 6.07. The molecule has 0 unspecified atom stereocenters. The van der Waals surface area contributed by atoms with Gasteiger partial charge in [-0.05, 0) is 93.1 Å². The molecule has 0 radical (unpaired) electrons. The van der Waals surface area contributed by atoms with E-state index in [-0.39, 0.29) is 23.1 Å². The first-order valence-corrected chi connectivity index (χ1v) is 18.7. The summed E-state index contributed by atoms with van der Waals surface area (Å²) in [5.74, 6) is -1.18. The number of allylic oxidation sites excluding steroid dienone is 6. The fourth-order valence-corrected chi connectivity index (χ4v) is 7.19. The molecule has 0 saturated carbocycles. The Kier molecular flexibility index (Phi) is 12.5. The molecule has 10 heteroatoms. The molecular formula is C51H32F6O4. The van der Waals surface area contributed by atoms with E-state index in [2.05, 4.69) is 0 Å². The van der Waals surface area contributed by atoms with E-state index in [1.54, 1.807) is 60.7 Å². The first kappa shape index (κ1) is 41.4. The van der Waals surface area contributed by atoms with Crippen molar-refractivity contribution in [1.29, 1.82) is 0 Å². The predicted octanol–water partition coefficient (Wildman–Crippen LogP) is 13.8. The van der Waals surface area contributed by atoms with Crippen LogP contribution in [-0.4, -0.2) is 11.6 Å². The second-order valence-electron chi connectivity index (χ2n) is 13.6. The quantitative estimate of drug-likeness (QED) is 0.0360. The molecule has 7 rings (SSSR count). The number of hydrogen-bond acceptors (Lipinski definition) is 4. The number of hydrogen-bond donors (Lipinski definition) is 0. The van der Waals surface area contributed by atoms with Gasteiger partial charge in [0.15, 0.2) is 11.6 Å². The van der Waals surface area contributed by atoms with Gasteiger partial charge in [-0.25, -0.2) is 0 Å². The second-order valence-corrected chi connectivity index (χ2v) is 13.6. The second kappa shape index (κ2) is 18.5. The van der Waals surface area contributed by atoms with Gasteiger partial charge in [0.05, 0.1) is 5.41 Å². The minimum atomic E-state index is -2.65. The third-order valence-corrected chi connectivity index (χ3v) is 9.89. The number of fused-ring (bicyclic) bond motifs is 3. The molecule has 6 aromatic rings. The van der Waals surface area contributed by atoms with Gasteiger partial charge in [-0.1, -0.05) is 146 Å². The van der Waals surface area contributed by atoms with Crippen LogP contribution in [0.2, 0.25) is 0 Å². The van der Waals surface area contributed by atoms with Gasteiger partial charge in [-0.3, -0.25) is 9.59 Å². The molecule has 0 amide bonds. The molecule has 0 spiro atoms. The molecule has 0 aromatic heterocycles. The van der Waals surface area contributed by atoms with E-state index >= 15 is 0 Å². The van der Waals surface area contributed by atoms with Crippen LogP contribution in [0.25, 0.3) is 23.3 Å². The van der Waals surface area contributed by atoms with E-state index in [0.29, 0.717) is 44.5 Å². The summed E-state index contributed by atoms with van der Waals surface area (Å²) < 4.78 is 89.2. The Morgan fingerprint density at radius 1 is 0.443 bits per heavy atom. The van der Waals surface area contributed by atoms with Gasteiger partial charge in [0.1, 0.15) is 11.5 Å². The highest BCUT2D eigenvalue weighted by Gasteiger charge is 2.47. The zero-order valence-corrected chi connectivity index (χ0v) is 31.9. The van der Waals surface area contributed by atoms with Crippen LogP contribution in [-0.2, 0) is 5.41 Å². The summed E-state index contributed by atoms with van der Waals surface area (Å²) in [7, 11) is 0. The van der Waals surface area contributed by atoms with Crippen molar-refractivity contribution in [3.05, 3.63) is 251 Å². The highest BCUT2D eigenvalue weighted by Crippen LogP contribution is 2.57. The van der Waals surface area contributed by atoms with E-state index in [1.807, 2.05) is 72.8 Å². The monoisotopic (exact) mass is 822 g/mol. The van der Waals surface area contributed by atoms with Gasteiger partial charge < -0.3 is 9.47 Å². The number of carbonyl (C=O) groups is 2. The molecule has 0 fully saturated rings. The molecule has 302 valence electrons. The van der Waals surface area contributed by atoms with Crippen molar-refractivity contribution in [1.82, 2.24) is 0 Å². The van der Waals surface area contributed by atoms with Crippen molar-refractivity contribution in [2.24, 2.45) is 0 Å². The van der Waals surface area contributed by atoms with E-state index < -0.39 is 29.6 Å². The lowest BCUT2D eigenvalue weighted by molar-refractivity contribution is 0.103. The van der Waals surface area contributed by atoms with Gasteiger partial charge in [-0.2, -0.15) is 26.3 Å². The first-order valence-electron chi connectivity index (χ1n) is 18.7. The summed E-state index contributed by atoms with van der Waals surface area (Å²) in [6.07, 6.45) is 7.91. The van der Waals surface area contributed by atoms with Gasteiger partial charge in [0.2, 0.25) is 0 Å². The number of ketones is 2. The Balaban J connectivity index is 1.39. The van der Waals surface area contributed by atoms with E-state index in [1.165, 1.54) is 60.7 Å². The van der Waals surface area contributed by atoms with Gasteiger partial charge in [0, 0.05) is 11.1 Å². The Bertz CT molecular complexity index is 2570. The molecular weight excluding hydrogens is 791 g/mol. The molecule has 0 heterocycles. The summed E-state index contributed by atoms with van der Waals surface area (Å²) in [6, 6.07) is 36.4. The normalized spacial score (nSPS) is 12.8. The van der Waals surface area contributed by atoms with Gasteiger partial charge in [-0.15, -0.1) is 0 Å². The summed E-state index contributed by atoms with van der Waals surface area (Å²) in [4.78, 5) is 27.5. The van der Waals surface area contributed by atoms with Crippen LogP contribution in [0, 0.1) is 0 Å². The largest absolute Gasteiger partial charge is 0.428 e. The van der Waals surface area contributed by atoms with Crippen LogP contribution in [0.15, 0.2) is 206 Å². The third kappa shape index (κ3) is 9.14. The molecule has 61 heavy (non-hydrogen) atoms. The summed E-state index contributed by atoms with van der Waals surface area (Å²) in [5, 5.41) is 0. The molecule has 6 aromatic carbocycles. The lowest BCUT2D eigenvalue weighted by Gasteiger charge is -2.34. The Labute approximate surface area is 347 Å². The number of benzene rings is 6. The van der Waals surface area contributed by atoms with Crippen molar-refractivity contribution in [2.75, 3.05) is 0 Å². The lowest BCUT2D eigenvalue weighted by Crippen LogP contribution is -2.29. The number of rotatable bonds is 14. The maximum absolute atomic E-state index is 13.9. The predicted molar refractivity (Wildman–Crippen MR) is 224 cm³/mol. The van der Waals surface area contributed by atoms with Crippen molar-refractivity contribution in [3.63, 3.8) is 0 Å². The molecule has 0 aliphatic heterocycles. The number of halogens is 6. The standard InChI is InChI=1S/C51H32F6O4/c52-47(53)49(56)60-39-25-21-37(22-26-39)51(38-23-27-40(28-24-38)61-50(57)48(54)55)43-31-35(45(58)17-9-7-15-33-11-3-1-4-12-33)19-29-41(43)42-30-20-36(32-44(42)51)46(59)18-10-8-16-34-13-5-2-6-14-34/h1-32H. The summed E-state index contributed by atoms with van der Waals surface area (Å²) >= 11 is 0. The Morgan fingerprint density at radius 2 is 0.820 bits per heavy atom. The molecule has 0 saturated heterocycles. The topological polar surface area (TPSA) is 52.6 Å². The smallest absolute Gasteiger partial charge is 0.344 e. The zero-order chi connectivity index (χ0) is 42.9. The molecule has 1 aliphatic rings. The molecule has 0 bridgehead atoms. The van der Waals surface area contributed by atoms with Crippen molar-refractivity contribution < 1.29 is 45.4 Å².